The second-order valence-corrected chi connectivity index (χ2v) is 8.29. The van der Waals surface area contributed by atoms with Crippen molar-refractivity contribution in [1.82, 2.24) is 9.97 Å². The van der Waals surface area contributed by atoms with Crippen molar-refractivity contribution in [2.45, 2.75) is 11.7 Å². The number of H-pyrrole nitrogens is 1. The van der Waals surface area contributed by atoms with Gasteiger partial charge in [0, 0.05) is 16.9 Å². The standard InChI is InChI=1S/C21H23FN6O2/c1-28(30)10-8-27(9-11-28)13-6-7-16-17(12-13)25-19(24-16)18-20(29)26-15-5-3-2-4-14(15)21(18,22)23/h2-7,12,18H,8-11,23H2,1H3,(H,24,25)(H,26,29). The van der Waals surface area contributed by atoms with E-state index in [0.717, 1.165) is 5.69 Å². The van der Waals surface area contributed by atoms with Crippen LogP contribution in [0.25, 0.3) is 11.0 Å². The maximum Gasteiger partial charge on any atom is 0.240 e. The van der Waals surface area contributed by atoms with E-state index >= 15 is 4.39 Å². The summed E-state index contributed by atoms with van der Waals surface area (Å²) in [6.07, 6.45) is 0. The van der Waals surface area contributed by atoms with Crippen LogP contribution in [0.2, 0.25) is 0 Å². The van der Waals surface area contributed by atoms with Gasteiger partial charge >= 0.3 is 0 Å². The number of benzene rings is 2. The maximum absolute atomic E-state index is 15.7. The first kappa shape index (κ1) is 19.0. The van der Waals surface area contributed by atoms with Crippen LogP contribution in [0.3, 0.4) is 0 Å². The molecule has 8 nitrogen and oxygen atoms in total. The van der Waals surface area contributed by atoms with E-state index in [1.807, 2.05) is 18.2 Å². The Morgan fingerprint density at radius 3 is 2.77 bits per heavy atom. The number of rotatable bonds is 2. The van der Waals surface area contributed by atoms with E-state index in [9.17, 15) is 10.0 Å². The van der Waals surface area contributed by atoms with Gasteiger partial charge in [-0.2, -0.15) is 0 Å². The zero-order valence-electron chi connectivity index (χ0n) is 16.6. The Morgan fingerprint density at radius 2 is 2.00 bits per heavy atom. The minimum Gasteiger partial charge on any atom is -0.633 e. The number of nitrogens with one attached hydrogen (secondary N) is 2. The lowest BCUT2D eigenvalue weighted by atomic mass is 9.85. The Balaban J connectivity index is 1.49. The summed E-state index contributed by atoms with van der Waals surface area (Å²) in [6.45, 7) is 2.35. The van der Waals surface area contributed by atoms with Crippen LogP contribution >= 0.6 is 0 Å². The van der Waals surface area contributed by atoms with Crippen molar-refractivity contribution in [3.63, 3.8) is 0 Å². The summed E-state index contributed by atoms with van der Waals surface area (Å²) in [5.74, 6) is -4.04. The zero-order chi connectivity index (χ0) is 21.1. The largest absolute Gasteiger partial charge is 0.633 e. The number of nitrogens with two attached hydrogens (primary N) is 1. The SMILES string of the molecule is C[N+]1([O-])CCN(c2ccc3nc(C4C(=O)Nc5ccccc5C4(N)F)[nH]c3c2)CC1. The maximum atomic E-state index is 15.7. The highest BCUT2D eigenvalue weighted by atomic mass is 19.1. The summed E-state index contributed by atoms with van der Waals surface area (Å²) in [7, 11) is 1.69. The molecule has 2 unspecified atom stereocenters. The first-order valence-electron chi connectivity index (χ1n) is 9.93. The van der Waals surface area contributed by atoms with E-state index in [-0.39, 0.29) is 16.0 Å². The Hall–Kier alpha value is -3.01. The van der Waals surface area contributed by atoms with Crippen molar-refractivity contribution in [2.75, 3.05) is 43.4 Å². The normalized spacial score (nSPS) is 25.8. The number of carbonyl (C=O) groups is 1. The van der Waals surface area contributed by atoms with Crippen molar-refractivity contribution in [1.29, 1.82) is 0 Å². The number of quaternary nitrogens is 1. The molecular weight excluding hydrogens is 387 g/mol. The molecule has 1 aromatic heterocycles. The minimum atomic E-state index is -2.39. The number of piperazine rings is 1. The highest BCUT2D eigenvalue weighted by Gasteiger charge is 2.49. The molecule has 0 bridgehead atoms. The fraction of sp³-hybridized carbons (Fsp3) is 0.333. The molecule has 1 fully saturated rings. The van der Waals surface area contributed by atoms with E-state index in [2.05, 4.69) is 20.2 Å². The van der Waals surface area contributed by atoms with Crippen molar-refractivity contribution in [3.05, 3.63) is 59.1 Å². The van der Waals surface area contributed by atoms with Gasteiger partial charge in [0.05, 0.1) is 44.3 Å². The van der Waals surface area contributed by atoms with Crippen LogP contribution in [0.1, 0.15) is 17.3 Å². The second kappa shape index (κ2) is 6.49. The summed E-state index contributed by atoms with van der Waals surface area (Å²) in [5, 5.41) is 14.8. The third-order valence-electron chi connectivity index (χ3n) is 6.09. The molecule has 5 rings (SSSR count). The number of anilines is 2. The fourth-order valence-electron chi connectivity index (χ4n) is 4.30. The van der Waals surface area contributed by atoms with Crippen LogP contribution in [0.4, 0.5) is 15.8 Å². The number of halogens is 1. The number of imidazole rings is 1. The van der Waals surface area contributed by atoms with Gasteiger partial charge in [-0.15, -0.1) is 0 Å². The number of hydrogen-bond donors (Lipinski definition) is 3. The van der Waals surface area contributed by atoms with Gasteiger partial charge < -0.3 is 25.1 Å². The first-order chi connectivity index (χ1) is 14.2. The highest BCUT2D eigenvalue weighted by Crippen LogP contribution is 2.43. The first-order valence-corrected chi connectivity index (χ1v) is 9.93. The summed E-state index contributed by atoms with van der Waals surface area (Å²) in [4.78, 5) is 22.4. The number of para-hydroxylation sites is 1. The molecule has 9 heteroatoms. The number of alkyl halides is 1. The molecule has 0 aliphatic carbocycles. The van der Waals surface area contributed by atoms with Crippen LogP contribution in [0.5, 0.6) is 0 Å². The van der Waals surface area contributed by atoms with Crippen LogP contribution in [0, 0.1) is 5.21 Å². The van der Waals surface area contributed by atoms with Gasteiger partial charge in [-0.05, 0) is 24.3 Å². The van der Waals surface area contributed by atoms with Crippen LogP contribution in [-0.4, -0.2) is 53.7 Å². The molecule has 2 aliphatic rings. The number of fused-ring (bicyclic) bond motifs is 2. The van der Waals surface area contributed by atoms with E-state index in [4.69, 9.17) is 5.73 Å². The predicted molar refractivity (Wildman–Crippen MR) is 112 cm³/mol. The Morgan fingerprint density at radius 1 is 1.27 bits per heavy atom. The van der Waals surface area contributed by atoms with Gasteiger partial charge in [-0.25, -0.2) is 9.37 Å². The number of aromatic nitrogens is 2. The second-order valence-electron chi connectivity index (χ2n) is 8.29. The van der Waals surface area contributed by atoms with Gasteiger partial charge in [-0.1, -0.05) is 18.2 Å². The number of hydrogen-bond acceptors (Lipinski definition) is 5. The van der Waals surface area contributed by atoms with Gasteiger partial charge in [-0.3, -0.25) is 10.5 Å². The minimum absolute atomic E-state index is 0.182. The van der Waals surface area contributed by atoms with Crippen molar-refractivity contribution < 1.29 is 13.8 Å². The molecule has 2 aromatic carbocycles. The third kappa shape index (κ3) is 3.02. The van der Waals surface area contributed by atoms with E-state index in [0.29, 0.717) is 42.9 Å². The number of aromatic amines is 1. The molecule has 1 amide bonds. The van der Waals surface area contributed by atoms with Gasteiger partial charge in [0.15, 0.2) is 0 Å². The van der Waals surface area contributed by atoms with Gasteiger partial charge in [0.25, 0.3) is 0 Å². The predicted octanol–water partition coefficient (Wildman–Crippen LogP) is 2.14. The average molecular weight is 410 g/mol. The van der Waals surface area contributed by atoms with Gasteiger partial charge in [0.1, 0.15) is 11.7 Å². The molecule has 4 N–H and O–H groups in total. The number of likely N-dealkylation sites (N-methyl/N-ethyl adjacent to an activating group) is 1. The van der Waals surface area contributed by atoms with Crippen molar-refractivity contribution in [3.8, 4) is 0 Å². The number of nitrogens with zero attached hydrogens (tertiary/aromatic N) is 3. The molecule has 3 heterocycles. The molecular formula is C21H23FN6O2. The molecule has 2 aliphatic heterocycles. The summed E-state index contributed by atoms with van der Waals surface area (Å²) >= 11 is 0. The molecule has 3 aromatic rings. The monoisotopic (exact) mass is 410 g/mol. The Labute approximate surface area is 172 Å². The molecule has 30 heavy (non-hydrogen) atoms. The zero-order valence-corrected chi connectivity index (χ0v) is 16.6. The smallest absolute Gasteiger partial charge is 0.240 e. The lowest BCUT2D eigenvalue weighted by Crippen LogP contribution is -2.53. The van der Waals surface area contributed by atoms with Crippen molar-refractivity contribution >= 4 is 28.3 Å². The van der Waals surface area contributed by atoms with Gasteiger partial charge in [0.2, 0.25) is 11.7 Å². The van der Waals surface area contributed by atoms with Crippen LogP contribution in [-0.2, 0) is 10.6 Å². The quantitative estimate of drug-likeness (QED) is 0.341. The van der Waals surface area contributed by atoms with E-state index in [1.165, 1.54) is 0 Å². The number of hydroxylamine groups is 3. The molecule has 156 valence electrons. The van der Waals surface area contributed by atoms with Crippen LogP contribution in [0.15, 0.2) is 42.5 Å². The summed E-state index contributed by atoms with van der Waals surface area (Å²) < 4.78 is 15.4. The number of carbonyl (C=O) groups excluding carboxylic acids is 1. The Kier molecular flexibility index (Phi) is 4.11. The fourth-order valence-corrected chi connectivity index (χ4v) is 4.30. The summed E-state index contributed by atoms with van der Waals surface area (Å²) in [5.41, 5.74) is 8.89. The van der Waals surface area contributed by atoms with Crippen LogP contribution < -0.4 is 16.0 Å². The molecule has 0 saturated carbocycles. The Bertz CT molecular complexity index is 1130. The molecule has 2 atom stereocenters. The lowest BCUT2D eigenvalue weighted by molar-refractivity contribution is -0.861. The average Bonchev–Trinajstić information content (AvgIpc) is 3.10. The lowest BCUT2D eigenvalue weighted by Gasteiger charge is -2.45. The molecule has 0 radical (unpaired) electrons. The van der Waals surface area contributed by atoms with Crippen molar-refractivity contribution in [2.24, 2.45) is 5.73 Å². The third-order valence-corrected chi connectivity index (χ3v) is 6.09. The number of amides is 1. The topological polar surface area (TPSA) is 110 Å². The highest BCUT2D eigenvalue weighted by molar-refractivity contribution is 6.00. The molecule has 1 saturated heterocycles. The molecule has 0 spiro atoms. The van der Waals surface area contributed by atoms with E-state index < -0.39 is 17.6 Å². The van der Waals surface area contributed by atoms with E-state index in [1.54, 1.807) is 31.3 Å². The summed E-state index contributed by atoms with van der Waals surface area (Å²) in [6, 6.07) is 12.3.